The number of hydrogen-bond donors (Lipinski definition) is 1. The lowest BCUT2D eigenvalue weighted by Crippen LogP contribution is -2.65. The number of epoxide rings is 2. The van der Waals surface area contributed by atoms with Gasteiger partial charge in [0, 0.05) is 30.0 Å². The summed E-state index contributed by atoms with van der Waals surface area (Å²) in [5.74, 6) is -2.22. The highest BCUT2D eigenvalue weighted by Gasteiger charge is 3.07. The fraction of sp³-hybridized carbons (Fsp3) is 0.607. The van der Waals surface area contributed by atoms with Gasteiger partial charge >= 0.3 is 0 Å². The van der Waals surface area contributed by atoms with Crippen molar-refractivity contribution >= 4 is 16.6 Å². The molecule has 5 fully saturated rings. The molecule has 2 aromatic carbocycles. The molecule has 1 saturated carbocycles. The second-order valence-electron chi connectivity index (χ2n) is 11.4. The van der Waals surface area contributed by atoms with Gasteiger partial charge in [-0.3, -0.25) is 4.79 Å². The Morgan fingerprint density at radius 2 is 1.97 bits per heavy atom. The molecule has 6 atom stereocenters. The van der Waals surface area contributed by atoms with Crippen molar-refractivity contribution in [2.45, 2.75) is 67.3 Å². The van der Waals surface area contributed by atoms with Crippen LogP contribution in [0.4, 0.5) is 0 Å². The molecule has 4 saturated heterocycles. The minimum Gasteiger partial charge on any atom is -0.506 e. The van der Waals surface area contributed by atoms with Gasteiger partial charge in [-0.2, -0.15) is 0 Å². The highest BCUT2D eigenvalue weighted by atomic mass is 16.9. The largest absolute Gasteiger partial charge is 0.506 e. The maximum absolute atomic E-state index is 13.1. The van der Waals surface area contributed by atoms with Crippen molar-refractivity contribution in [3.8, 4) is 17.2 Å². The number of hydrogen-bond acceptors (Lipinski definition) is 11. The van der Waals surface area contributed by atoms with Gasteiger partial charge < -0.3 is 47.7 Å². The molecule has 4 unspecified atom stereocenters. The van der Waals surface area contributed by atoms with E-state index in [9.17, 15) is 9.90 Å². The number of fused-ring (bicyclic) bond motifs is 5. The molecular formula is C28H28O11. The third kappa shape index (κ3) is 2.23. The van der Waals surface area contributed by atoms with Crippen LogP contribution in [0.1, 0.15) is 45.8 Å². The normalized spacial score (nSPS) is 40.5. The maximum atomic E-state index is 13.1. The minimum absolute atomic E-state index is 0.0839. The van der Waals surface area contributed by atoms with Crippen molar-refractivity contribution in [1.82, 2.24) is 0 Å². The summed E-state index contributed by atoms with van der Waals surface area (Å²) in [6, 6.07) is 1.99. The van der Waals surface area contributed by atoms with E-state index in [0.29, 0.717) is 66.9 Å². The molecule has 11 nitrogen and oxygen atoms in total. The van der Waals surface area contributed by atoms with E-state index in [-0.39, 0.29) is 24.2 Å². The summed E-state index contributed by atoms with van der Waals surface area (Å²) in [5, 5.41) is 12.8. The quantitative estimate of drug-likeness (QED) is 0.443. The van der Waals surface area contributed by atoms with Gasteiger partial charge in [0.2, 0.25) is 6.29 Å². The van der Waals surface area contributed by atoms with Crippen LogP contribution in [0, 0.1) is 6.92 Å². The average Bonchev–Trinajstić information content (AvgIpc) is 3.76. The molecule has 1 N–H and O–H groups in total. The summed E-state index contributed by atoms with van der Waals surface area (Å²) >= 11 is 0. The highest BCUT2D eigenvalue weighted by Crippen LogP contribution is 2.85. The van der Waals surface area contributed by atoms with E-state index >= 15 is 0 Å². The fourth-order valence-corrected chi connectivity index (χ4v) is 8.42. The van der Waals surface area contributed by atoms with Crippen molar-refractivity contribution in [3.63, 3.8) is 0 Å². The first-order chi connectivity index (χ1) is 18.9. The molecule has 7 aliphatic rings. The van der Waals surface area contributed by atoms with E-state index in [0.717, 1.165) is 16.7 Å². The Kier molecular flexibility index (Phi) is 4.19. The molecule has 39 heavy (non-hydrogen) atoms. The Labute approximate surface area is 223 Å². The van der Waals surface area contributed by atoms with Crippen LogP contribution in [-0.4, -0.2) is 86.9 Å². The number of Topliss-reactive ketones (excluding diaryl/α,β-unsaturated/α-hetero) is 1. The van der Waals surface area contributed by atoms with E-state index in [2.05, 4.69) is 0 Å². The topological polar surface area (TPSA) is 127 Å². The van der Waals surface area contributed by atoms with Crippen molar-refractivity contribution in [1.29, 1.82) is 0 Å². The number of rotatable bonds is 5. The van der Waals surface area contributed by atoms with Crippen molar-refractivity contribution in [2.24, 2.45) is 0 Å². The van der Waals surface area contributed by atoms with Crippen molar-refractivity contribution < 1.29 is 52.5 Å². The Morgan fingerprint density at radius 3 is 2.69 bits per heavy atom. The predicted octanol–water partition coefficient (Wildman–Crippen LogP) is 2.19. The van der Waals surface area contributed by atoms with E-state index in [1.54, 1.807) is 7.11 Å². The Bertz CT molecular complexity index is 1490. The Morgan fingerprint density at radius 1 is 1.18 bits per heavy atom. The molecule has 5 aliphatic heterocycles. The molecule has 4 bridgehead atoms. The first-order valence-corrected chi connectivity index (χ1v) is 13.4. The van der Waals surface area contributed by atoms with E-state index in [1.807, 2.05) is 13.0 Å². The van der Waals surface area contributed by atoms with Crippen LogP contribution < -0.4 is 9.47 Å². The number of carbonyl (C=O) groups excluding carboxylic acids is 1. The maximum Gasteiger partial charge on any atom is 0.274 e. The number of benzene rings is 2. The minimum atomic E-state index is -1.43. The second kappa shape index (κ2) is 7.03. The van der Waals surface area contributed by atoms with Gasteiger partial charge in [-0.05, 0) is 31.4 Å². The molecule has 0 amide bonds. The molecule has 11 heteroatoms. The molecule has 2 aliphatic carbocycles. The van der Waals surface area contributed by atoms with Crippen LogP contribution >= 0.6 is 0 Å². The van der Waals surface area contributed by atoms with Gasteiger partial charge in [-0.15, -0.1) is 0 Å². The van der Waals surface area contributed by atoms with E-state index in [4.69, 9.17) is 42.6 Å². The molecule has 5 heterocycles. The first-order valence-electron chi connectivity index (χ1n) is 13.4. The average molecular weight is 541 g/mol. The number of methoxy groups -OCH3 is 2. The summed E-state index contributed by atoms with van der Waals surface area (Å²) in [6.07, 6.45) is 0.370. The summed E-state index contributed by atoms with van der Waals surface area (Å²) in [7, 11) is 3.12. The number of ketones is 1. The monoisotopic (exact) mass is 540 g/mol. The smallest absolute Gasteiger partial charge is 0.274 e. The fourth-order valence-electron chi connectivity index (χ4n) is 8.42. The summed E-state index contributed by atoms with van der Waals surface area (Å²) in [4.78, 5) is 13.1. The van der Waals surface area contributed by atoms with Crippen LogP contribution in [0.25, 0.3) is 10.8 Å². The van der Waals surface area contributed by atoms with Gasteiger partial charge in [0.05, 0.1) is 43.8 Å². The highest BCUT2D eigenvalue weighted by molar-refractivity contribution is 6.11. The zero-order valence-electron chi connectivity index (χ0n) is 21.8. The molecular weight excluding hydrogens is 512 g/mol. The standard InChI is InChI=1S/C28H28O11/c1-12-9-14-18(20(30)17-13(21(14)32-3)5-4-6-15(17)29)22-16(12)19-23-27(37-22,36-11-31-2)25(10-35-25)26(19)28(38-23,39-26)24-33-7-8-34-24/h9,19,23-24,30H,4-8,10-11H2,1-3H3/t19?,23?,25-,26?,27-,28?/m1/s1. The third-order valence-corrected chi connectivity index (χ3v) is 9.82. The lowest BCUT2D eigenvalue weighted by Gasteiger charge is -2.44. The van der Waals surface area contributed by atoms with Crippen LogP contribution in [0.3, 0.4) is 0 Å². The van der Waals surface area contributed by atoms with Gasteiger partial charge in [0.15, 0.2) is 23.8 Å². The SMILES string of the molecule is COCO[C@@]12Oc3c(c(C)cc4c(OC)c5c(c(O)c34)C(=O)CCC5)C3C1OC1(C4OCCO4)OC31[C@]21CO1. The van der Waals surface area contributed by atoms with Crippen LogP contribution in [0.15, 0.2) is 6.07 Å². The molecule has 9 rings (SSSR count). The second-order valence-corrected chi connectivity index (χ2v) is 11.4. The Hall–Kier alpha value is -2.51. The van der Waals surface area contributed by atoms with Gasteiger partial charge in [-0.1, -0.05) is 0 Å². The zero-order valence-corrected chi connectivity index (χ0v) is 21.8. The Balaban J connectivity index is 1.34. The van der Waals surface area contributed by atoms with Gasteiger partial charge in [-0.25, -0.2) is 0 Å². The number of carbonyl (C=O) groups is 1. The molecule has 2 aromatic rings. The van der Waals surface area contributed by atoms with Crippen molar-refractivity contribution in [3.05, 3.63) is 28.3 Å². The lowest BCUT2D eigenvalue weighted by molar-refractivity contribution is -0.331. The summed E-state index contributed by atoms with van der Waals surface area (Å²) in [6.45, 7) is 3.10. The van der Waals surface area contributed by atoms with Crippen LogP contribution in [-0.2, 0) is 39.6 Å². The van der Waals surface area contributed by atoms with Crippen LogP contribution in [0.5, 0.6) is 17.2 Å². The number of aryl methyl sites for hydroxylation is 1. The number of phenolic OH excluding ortho intramolecular Hbond substituents is 1. The van der Waals surface area contributed by atoms with Gasteiger partial charge in [0.25, 0.3) is 11.6 Å². The summed E-state index contributed by atoms with van der Waals surface area (Å²) in [5.41, 5.74) is 0.738. The zero-order chi connectivity index (χ0) is 26.5. The molecule has 2 spiro atoms. The van der Waals surface area contributed by atoms with Gasteiger partial charge in [0.1, 0.15) is 23.4 Å². The van der Waals surface area contributed by atoms with E-state index in [1.165, 1.54) is 7.11 Å². The summed E-state index contributed by atoms with van der Waals surface area (Å²) < 4.78 is 55.7. The van der Waals surface area contributed by atoms with Crippen LogP contribution in [0.2, 0.25) is 0 Å². The third-order valence-electron chi connectivity index (χ3n) is 9.82. The first kappa shape index (κ1) is 23.2. The van der Waals surface area contributed by atoms with E-state index < -0.39 is 35.2 Å². The number of ether oxygens (including phenoxy) is 9. The number of phenols is 1. The lowest BCUT2D eigenvalue weighted by atomic mass is 9.78. The molecule has 206 valence electrons. The molecule has 0 aromatic heterocycles. The number of aromatic hydroxyl groups is 1. The predicted molar refractivity (Wildman–Crippen MR) is 129 cm³/mol. The van der Waals surface area contributed by atoms with Crippen molar-refractivity contribution in [2.75, 3.05) is 40.8 Å². The molecule has 0 radical (unpaired) electrons.